The molecule has 0 aliphatic carbocycles. The van der Waals surface area contributed by atoms with Crippen LogP contribution in [0, 0.1) is 5.92 Å². The molecule has 1 aromatic rings. The van der Waals surface area contributed by atoms with E-state index >= 15 is 0 Å². The van der Waals surface area contributed by atoms with E-state index < -0.39 is 15.4 Å². The molecule has 3 nitrogen and oxygen atoms in total. The second-order valence-corrected chi connectivity index (χ2v) is 5.66. The Morgan fingerprint density at radius 2 is 1.88 bits per heavy atom. The summed E-state index contributed by atoms with van der Waals surface area (Å²) in [5, 5.41) is -0.939. The van der Waals surface area contributed by atoms with Crippen LogP contribution in [0.3, 0.4) is 0 Å². The summed E-state index contributed by atoms with van der Waals surface area (Å²) in [4.78, 5) is 0. The highest BCUT2D eigenvalue weighted by atomic mass is 32.2. The highest BCUT2D eigenvalue weighted by Crippen LogP contribution is 2.30. The Bertz CT molecular complexity index is 474. The molecule has 2 atom stereocenters. The first kappa shape index (κ1) is 13.9. The van der Waals surface area contributed by atoms with E-state index in [4.69, 9.17) is 0 Å². The number of hydrogen-bond donors (Lipinski definition) is 1. The van der Waals surface area contributed by atoms with E-state index in [1.165, 1.54) is 6.08 Å². The van der Waals surface area contributed by atoms with Crippen molar-refractivity contribution in [3.63, 3.8) is 0 Å². The summed E-state index contributed by atoms with van der Waals surface area (Å²) in [6, 6.07) is 7.25. The van der Waals surface area contributed by atoms with E-state index in [0.717, 1.165) is 12.0 Å². The number of hydrogen-bond acceptors (Lipinski definition) is 2. The van der Waals surface area contributed by atoms with E-state index in [1.807, 2.05) is 19.1 Å². The molecular formula is C13H18O3S. The fourth-order valence-electron chi connectivity index (χ4n) is 1.81. The summed E-state index contributed by atoms with van der Waals surface area (Å²) in [6.45, 7) is 7.33. The van der Waals surface area contributed by atoms with E-state index in [2.05, 4.69) is 6.58 Å². The monoisotopic (exact) mass is 254 g/mol. The molecule has 0 saturated heterocycles. The fourth-order valence-corrected chi connectivity index (χ4v) is 2.97. The predicted octanol–water partition coefficient (Wildman–Crippen LogP) is 3.00. The lowest BCUT2D eigenvalue weighted by Crippen LogP contribution is -2.18. The third kappa shape index (κ3) is 3.41. The fraction of sp³-hybridized carbons (Fsp3) is 0.385. The van der Waals surface area contributed by atoms with E-state index in [0.29, 0.717) is 5.56 Å². The molecule has 0 fully saturated rings. The minimum absolute atomic E-state index is 0.336. The summed E-state index contributed by atoms with van der Waals surface area (Å²) in [5.74, 6) is -0.336. The molecule has 1 N–H and O–H groups in total. The second-order valence-electron chi connectivity index (χ2n) is 4.13. The van der Waals surface area contributed by atoms with Crippen molar-refractivity contribution >= 4 is 10.1 Å². The molecule has 94 valence electrons. The van der Waals surface area contributed by atoms with Gasteiger partial charge < -0.3 is 0 Å². The minimum Gasteiger partial charge on any atom is -0.285 e. The molecule has 0 amide bonds. The maximum atomic E-state index is 11.4. The SMILES string of the molecule is C=CC(C)C(c1ccc(CC)cc1)S(=O)(=O)O. The van der Waals surface area contributed by atoms with E-state index in [-0.39, 0.29) is 5.92 Å². The van der Waals surface area contributed by atoms with E-state index in [1.54, 1.807) is 19.1 Å². The first-order valence-electron chi connectivity index (χ1n) is 5.57. The van der Waals surface area contributed by atoms with Crippen LogP contribution in [0.2, 0.25) is 0 Å². The van der Waals surface area contributed by atoms with Crippen molar-refractivity contribution in [1.82, 2.24) is 0 Å². The zero-order chi connectivity index (χ0) is 13.1. The van der Waals surface area contributed by atoms with Crippen molar-refractivity contribution in [2.75, 3.05) is 0 Å². The Morgan fingerprint density at radius 1 is 1.35 bits per heavy atom. The molecule has 0 aliphatic rings. The molecule has 1 aromatic carbocycles. The van der Waals surface area contributed by atoms with Gasteiger partial charge in [-0.2, -0.15) is 8.42 Å². The van der Waals surface area contributed by atoms with Crippen molar-refractivity contribution in [2.24, 2.45) is 5.92 Å². The normalized spacial score (nSPS) is 15.2. The summed E-state index contributed by atoms with van der Waals surface area (Å²) < 4.78 is 32.1. The lowest BCUT2D eigenvalue weighted by molar-refractivity contribution is 0.454. The number of allylic oxidation sites excluding steroid dienone is 1. The van der Waals surface area contributed by atoms with Gasteiger partial charge in [-0.25, -0.2) is 0 Å². The van der Waals surface area contributed by atoms with Gasteiger partial charge in [-0.1, -0.05) is 44.2 Å². The van der Waals surface area contributed by atoms with Gasteiger partial charge in [0.05, 0.1) is 0 Å². The maximum absolute atomic E-state index is 11.4. The van der Waals surface area contributed by atoms with Crippen LogP contribution in [0.15, 0.2) is 36.9 Å². The summed E-state index contributed by atoms with van der Waals surface area (Å²) in [7, 11) is -4.12. The topological polar surface area (TPSA) is 54.4 Å². The third-order valence-corrected chi connectivity index (χ3v) is 4.23. The molecule has 17 heavy (non-hydrogen) atoms. The highest BCUT2D eigenvalue weighted by molar-refractivity contribution is 7.86. The first-order chi connectivity index (χ1) is 7.90. The van der Waals surface area contributed by atoms with Crippen molar-refractivity contribution in [2.45, 2.75) is 25.5 Å². The van der Waals surface area contributed by atoms with Gasteiger partial charge in [-0.3, -0.25) is 4.55 Å². The van der Waals surface area contributed by atoms with Gasteiger partial charge in [0, 0.05) is 0 Å². The van der Waals surface area contributed by atoms with Gasteiger partial charge in [0.25, 0.3) is 10.1 Å². The van der Waals surface area contributed by atoms with Gasteiger partial charge in [-0.05, 0) is 23.5 Å². The smallest absolute Gasteiger partial charge is 0.272 e. The minimum atomic E-state index is -4.12. The van der Waals surface area contributed by atoms with Crippen LogP contribution >= 0.6 is 0 Å². The van der Waals surface area contributed by atoms with Crippen molar-refractivity contribution in [1.29, 1.82) is 0 Å². The van der Waals surface area contributed by atoms with Crippen molar-refractivity contribution in [3.05, 3.63) is 48.0 Å². The number of rotatable bonds is 5. The van der Waals surface area contributed by atoms with Crippen molar-refractivity contribution in [3.8, 4) is 0 Å². The van der Waals surface area contributed by atoms with Gasteiger partial charge in [0.1, 0.15) is 5.25 Å². The van der Waals surface area contributed by atoms with Gasteiger partial charge in [-0.15, -0.1) is 6.58 Å². The molecule has 2 unspecified atom stereocenters. The Hall–Kier alpha value is -1.13. The maximum Gasteiger partial charge on any atom is 0.272 e. The molecule has 0 radical (unpaired) electrons. The van der Waals surface area contributed by atoms with Crippen LogP contribution in [0.25, 0.3) is 0 Å². The Labute approximate surface area is 103 Å². The van der Waals surface area contributed by atoms with Crippen LogP contribution in [-0.4, -0.2) is 13.0 Å². The molecule has 0 spiro atoms. The average Bonchev–Trinajstić information content (AvgIpc) is 2.28. The summed E-state index contributed by atoms with van der Waals surface area (Å²) in [5.41, 5.74) is 1.73. The molecule has 0 aliphatic heterocycles. The van der Waals surface area contributed by atoms with Gasteiger partial charge >= 0.3 is 0 Å². The lowest BCUT2D eigenvalue weighted by Gasteiger charge is -2.18. The average molecular weight is 254 g/mol. The number of aryl methyl sites for hydroxylation is 1. The molecule has 0 heterocycles. The summed E-state index contributed by atoms with van der Waals surface area (Å²) in [6.07, 6.45) is 2.43. The largest absolute Gasteiger partial charge is 0.285 e. The molecular weight excluding hydrogens is 236 g/mol. The lowest BCUT2D eigenvalue weighted by atomic mass is 9.99. The zero-order valence-corrected chi connectivity index (χ0v) is 10.9. The van der Waals surface area contributed by atoms with Crippen LogP contribution in [0.1, 0.15) is 30.2 Å². The first-order valence-corrected chi connectivity index (χ1v) is 7.08. The Morgan fingerprint density at radius 3 is 2.24 bits per heavy atom. The summed E-state index contributed by atoms with van der Waals surface area (Å²) >= 11 is 0. The van der Waals surface area contributed by atoms with Crippen LogP contribution in [0.5, 0.6) is 0 Å². The molecule has 0 saturated carbocycles. The Kier molecular flexibility index (Phi) is 4.48. The van der Waals surface area contributed by atoms with Gasteiger partial charge in [0.2, 0.25) is 0 Å². The number of benzene rings is 1. The standard InChI is InChI=1S/C13H18O3S/c1-4-10(3)13(17(14,15)16)12-8-6-11(5-2)7-9-12/h4,6-10,13H,1,5H2,2-3H3,(H,14,15,16). The molecule has 4 heteroatoms. The molecule has 0 bridgehead atoms. The van der Waals surface area contributed by atoms with Crippen LogP contribution in [-0.2, 0) is 16.5 Å². The van der Waals surface area contributed by atoms with Crippen molar-refractivity contribution < 1.29 is 13.0 Å². The van der Waals surface area contributed by atoms with Crippen LogP contribution in [0.4, 0.5) is 0 Å². The molecule has 1 rings (SSSR count). The predicted molar refractivity (Wildman–Crippen MR) is 69.5 cm³/mol. The zero-order valence-electron chi connectivity index (χ0n) is 10.1. The van der Waals surface area contributed by atoms with Crippen LogP contribution < -0.4 is 0 Å². The van der Waals surface area contributed by atoms with Gasteiger partial charge in [0.15, 0.2) is 0 Å². The molecule has 0 aromatic heterocycles. The second kappa shape index (κ2) is 5.47. The highest BCUT2D eigenvalue weighted by Gasteiger charge is 2.29. The van der Waals surface area contributed by atoms with E-state index in [9.17, 15) is 13.0 Å². The Balaban J connectivity index is 3.18. The quantitative estimate of drug-likeness (QED) is 0.649. The third-order valence-electron chi connectivity index (χ3n) is 2.89.